The fourth-order valence-corrected chi connectivity index (χ4v) is 3.50. The first-order chi connectivity index (χ1) is 12.5. The molecule has 0 atom stereocenters. The van der Waals surface area contributed by atoms with Gasteiger partial charge in [-0.2, -0.15) is 0 Å². The van der Waals surface area contributed by atoms with Crippen molar-refractivity contribution in [1.29, 1.82) is 0 Å². The van der Waals surface area contributed by atoms with Crippen LogP contribution in [-0.4, -0.2) is 0 Å². The highest BCUT2D eigenvalue weighted by atomic mass is 14.2. The lowest BCUT2D eigenvalue weighted by Gasteiger charge is -2.19. The van der Waals surface area contributed by atoms with E-state index in [2.05, 4.69) is 112 Å². The maximum absolute atomic E-state index is 2.32. The Kier molecular flexibility index (Phi) is 4.12. The Morgan fingerprint density at radius 2 is 1.19 bits per heavy atom. The number of hydrogen-bond acceptors (Lipinski definition) is 0. The largest absolute Gasteiger partial charge is 0.0622 e. The third-order valence-corrected chi connectivity index (χ3v) is 5.03. The van der Waals surface area contributed by atoms with Crippen molar-refractivity contribution in [3.05, 3.63) is 96.6 Å². The topological polar surface area (TPSA) is 0 Å². The zero-order chi connectivity index (χ0) is 18.1. The van der Waals surface area contributed by atoms with Gasteiger partial charge in [0.1, 0.15) is 0 Å². The fraction of sp³-hybridized carbons (Fsp3) is 0.154. The van der Waals surface area contributed by atoms with E-state index in [1.54, 1.807) is 0 Å². The molecule has 0 radical (unpaired) electrons. The fourth-order valence-electron chi connectivity index (χ4n) is 3.50. The number of fused-ring (bicyclic) bond motifs is 1. The average molecular weight is 336 g/mol. The van der Waals surface area contributed by atoms with Crippen molar-refractivity contribution in [1.82, 2.24) is 0 Å². The third kappa shape index (κ3) is 3.15. The van der Waals surface area contributed by atoms with Crippen molar-refractivity contribution < 1.29 is 0 Å². The maximum atomic E-state index is 2.32. The molecule has 26 heavy (non-hydrogen) atoms. The van der Waals surface area contributed by atoms with Crippen LogP contribution in [0.4, 0.5) is 0 Å². The van der Waals surface area contributed by atoms with Crippen molar-refractivity contribution in [3.63, 3.8) is 0 Å². The summed E-state index contributed by atoms with van der Waals surface area (Å²) in [5.74, 6) is 0. The van der Waals surface area contributed by atoms with Crippen molar-refractivity contribution >= 4 is 10.8 Å². The van der Waals surface area contributed by atoms with E-state index in [1.807, 2.05) is 0 Å². The van der Waals surface area contributed by atoms with Crippen molar-refractivity contribution in [3.8, 4) is 22.3 Å². The number of rotatable bonds is 2. The van der Waals surface area contributed by atoms with Crippen LogP contribution in [0.1, 0.15) is 26.3 Å². The summed E-state index contributed by atoms with van der Waals surface area (Å²) < 4.78 is 0. The molecular formula is C26H24. The van der Waals surface area contributed by atoms with Gasteiger partial charge in [-0.1, -0.05) is 99.6 Å². The summed E-state index contributed by atoms with van der Waals surface area (Å²) in [7, 11) is 0. The van der Waals surface area contributed by atoms with Crippen LogP contribution in [0.15, 0.2) is 91.0 Å². The first-order valence-corrected chi connectivity index (χ1v) is 9.21. The van der Waals surface area contributed by atoms with Gasteiger partial charge < -0.3 is 0 Å². The highest BCUT2D eigenvalue weighted by Gasteiger charge is 2.13. The lowest BCUT2D eigenvalue weighted by atomic mass is 9.86. The van der Waals surface area contributed by atoms with Crippen LogP contribution in [0.2, 0.25) is 0 Å². The second kappa shape index (κ2) is 6.46. The summed E-state index contributed by atoms with van der Waals surface area (Å²) in [5, 5.41) is 2.58. The Bertz CT molecular complexity index is 1030. The first kappa shape index (κ1) is 16.6. The van der Waals surface area contributed by atoms with Gasteiger partial charge in [0.25, 0.3) is 0 Å². The second-order valence-electron chi connectivity index (χ2n) is 7.94. The van der Waals surface area contributed by atoms with Crippen LogP contribution in [0.25, 0.3) is 33.0 Å². The van der Waals surface area contributed by atoms with E-state index in [0.29, 0.717) is 0 Å². The first-order valence-electron chi connectivity index (χ1n) is 9.21. The molecule has 0 N–H and O–H groups in total. The van der Waals surface area contributed by atoms with E-state index in [4.69, 9.17) is 0 Å². The molecule has 0 saturated carbocycles. The van der Waals surface area contributed by atoms with Crippen LogP contribution in [0, 0.1) is 0 Å². The summed E-state index contributed by atoms with van der Waals surface area (Å²) in [5.41, 5.74) is 6.63. The molecule has 0 aliphatic carbocycles. The summed E-state index contributed by atoms with van der Waals surface area (Å²) in [6.45, 7) is 6.77. The zero-order valence-electron chi connectivity index (χ0n) is 15.7. The Morgan fingerprint density at radius 3 is 1.88 bits per heavy atom. The molecule has 4 rings (SSSR count). The summed E-state index contributed by atoms with van der Waals surface area (Å²) in [6, 6.07) is 32.9. The Hall–Kier alpha value is -2.86. The highest BCUT2D eigenvalue weighted by Crippen LogP contribution is 2.34. The molecule has 0 bridgehead atoms. The predicted molar refractivity (Wildman–Crippen MR) is 114 cm³/mol. The standard InChI is InChI=1S/C26H24/c1-26(2,3)23-15-13-19(14-16-23)22-17-21-11-7-8-12-24(21)25(18-22)20-9-5-4-6-10-20/h4-18H,1-3H3. The molecule has 0 aliphatic heterocycles. The monoisotopic (exact) mass is 336 g/mol. The van der Waals surface area contributed by atoms with Gasteiger partial charge in [-0.15, -0.1) is 0 Å². The smallest absolute Gasteiger partial charge is 0.00992 e. The van der Waals surface area contributed by atoms with Gasteiger partial charge in [0.2, 0.25) is 0 Å². The van der Waals surface area contributed by atoms with Gasteiger partial charge in [0.05, 0.1) is 0 Å². The lowest BCUT2D eigenvalue weighted by molar-refractivity contribution is 0.590. The Morgan fingerprint density at radius 1 is 0.538 bits per heavy atom. The highest BCUT2D eigenvalue weighted by molar-refractivity contribution is 6.00. The minimum atomic E-state index is 0.178. The van der Waals surface area contributed by atoms with Gasteiger partial charge in [-0.25, -0.2) is 0 Å². The molecule has 0 heterocycles. The van der Waals surface area contributed by atoms with Gasteiger partial charge in [-0.3, -0.25) is 0 Å². The van der Waals surface area contributed by atoms with E-state index in [0.717, 1.165) is 0 Å². The molecule has 0 heteroatoms. The minimum Gasteiger partial charge on any atom is -0.0622 e. The van der Waals surface area contributed by atoms with Gasteiger partial charge in [-0.05, 0) is 56.1 Å². The van der Waals surface area contributed by atoms with E-state index < -0.39 is 0 Å². The molecule has 0 nitrogen and oxygen atoms in total. The Balaban J connectivity index is 1.89. The minimum absolute atomic E-state index is 0.178. The Labute approximate surface area is 156 Å². The number of benzene rings is 4. The molecule has 0 unspecified atom stereocenters. The quantitative estimate of drug-likeness (QED) is 0.356. The molecule has 0 spiro atoms. The van der Waals surface area contributed by atoms with Crippen molar-refractivity contribution in [2.75, 3.05) is 0 Å². The summed E-state index contributed by atoms with van der Waals surface area (Å²) >= 11 is 0. The van der Waals surface area contributed by atoms with Crippen molar-refractivity contribution in [2.24, 2.45) is 0 Å². The average Bonchev–Trinajstić information content (AvgIpc) is 2.67. The number of hydrogen-bond donors (Lipinski definition) is 0. The molecule has 0 saturated heterocycles. The van der Waals surface area contributed by atoms with E-state index in [9.17, 15) is 0 Å². The van der Waals surface area contributed by atoms with E-state index >= 15 is 0 Å². The molecule has 4 aromatic carbocycles. The van der Waals surface area contributed by atoms with Crippen LogP contribution >= 0.6 is 0 Å². The van der Waals surface area contributed by atoms with Gasteiger partial charge in [0, 0.05) is 0 Å². The van der Waals surface area contributed by atoms with E-state index in [-0.39, 0.29) is 5.41 Å². The summed E-state index contributed by atoms with van der Waals surface area (Å²) in [4.78, 5) is 0. The molecule has 0 amide bonds. The second-order valence-corrected chi connectivity index (χ2v) is 7.94. The molecular weight excluding hydrogens is 312 g/mol. The molecule has 0 aliphatic rings. The molecule has 128 valence electrons. The molecule has 4 aromatic rings. The predicted octanol–water partition coefficient (Wildman–Crippen LogP) is 7.47. The summed E-state index contributed by atoms with van der Waals surface area (Å²) in [6.07, 6.45) is 0. The van der Waals surface area contributed by atoms with Crippen LogP contribution in [-0.2, 0) is 5.41 Å². The maximum Gasteiger partial charge on any atom is -0.00992 e. The molecule has 0 aromatic heterocycles. The molecule has 0 fully saturated rings. The van der Waals surface area contributed by atoms with Crippen LogP contribution in [0.5, 0.6) is 0 Å². The van der Waals surface area contributed by atoms with E-state index in [1.165, 1.54) is 38.6 Å². The zero-order valence-corrected chi connectivity index (χ0v) is 15.7. The van der Waals surface area contributed by atoms with Crippen LogP contribution < -0.4 is 0 Å². The lowest BCUT2D eigenvalue weighted by Crippen LogP contribution is -2.10. The van der Waals surface area contributed by atoms with Crippen LogP contribution in [0.3, 0.4) is 0 Å². The van der Waals surface area contributed by atoms with Gasteiger partial charge in [0.15, 0.2) is 0 Å². The van der Waals surface area contributed by atoms with Gasteiger partial charge >= 0.3 is 0 Å². The SMILES string of the molecule is CC(C)(C)c1ccc(-c2cc(-c3ccccc3)c3ccccc3c2)cc1. The normalized spacial score (nSPS) is 11.7. The third-order valence-electron chi connectivity index (χ3n) is 5.03. The van der Waals surface area contributed by atoms with Crippen molar-refractivity contribution in [2.45, 2.75) is 26.2 Å².